The number of carboxylic acids is 1. The van der Waals surface area contributed by atoms with Crippen molar-refractivity contribution in [1.29, 1.82) is 0 Å². The van der Waals surface area contributed by atoms with Gasteiger partial charge >= 0.3 is 5.97 Å². The van der Waals surface area contributed by atoms with Crippen LogP contribution in [0, 0.1) is 6.92 Å². The fraction of sp³-hybridized carbons (Fsp3) is 0.357. The summed E-state index contributed by atoms with van der Waals surface area (Å²) in [6.45, 7) is 2.20. The molecule has 0 aromatic carbocycles. The van der Waals surface area contributed by atoms with Crippen molar-refractivity contribution < 1.29 is 14.7 Å². The maximum Gasteiger partial charge on any atom is 0.303 e. The summed E-state index contributed by atoms with van der Waals surface area (Å²) in [5.41, 5.74) is 0.680. The Morgan fingerprint density at radius 1 is 1.36 bits per heavy atom. The third-order valence-corrected chi connectivity index (χ3v) is 5.55. The molecule has 0 radical (unpaired) electrons. The summed E-state index contributed by atoms with van der Waals surface area (Å²) in [6, 6.07) is 3.69. The van der Waals surface area contributed by atoms with E-state index in [0.29, 0.717) is 27.9 Å². The van der Waals surface area contributed by atoms with Gasteiger partial charge in [-0.25, -0.2) is 4.98 Å². The Morgan fingerprint density at radius 3 is 2.68 bits per heavy atom. The molecular weight excluding hydrogens is 344 g/mol. The molecule has 1 amide bonds. The van der Waals surface area contributed by atoms with E-state index in [9.17, 15) is 9.59 Å². The summed E-state index contributed by atoms with van der Waals surface area (Å²) in [7, 11) is 1.67. The van der Waals surface area contributed by atoms with E-state index < -0.39 is 5.97 Å². The standard InChI is InChI=1S/C14H15ClN2O3S2/c1-8-12(14(20)17(2)7-3-4-11(18)19)22-13(16-8)9-5-6-10(15)21-9/h5-6H,3-4,7H2,1-2H3,(H,18,19). The molecule has 0 bridgehead atoms. The highest BCUT2D eigenvalue weighted by atomic mass is 35.5. The van der Waals surface area contributed by atoms with Gasteiger partial charge < -0.3 is 10.0 Å². The van der Waals surface area contributed by atoms with Crippen LogP contribution in [0.1, 0.15) is 28.2 Å². The zero-order valence-corrected chi connectivity index (χ0v) is 14.5. The lowest BCUT2D eigenvalue weighted by atomic mass is 10.3. The maximum atomic E-state index is 12.4. The van der Waals surface area contributed by atoms with Gasteiger partial charge in [-0.2, -0.15) is 0 Å². The number of hydrogen-bond acceptors (Lipinski definition) is 5. The van der Waals surface area contributed by atoms with Gasteiger partial charge in [0.1, 0.15) is 9.88 Å². The number of nitrogens with zero attached hydrogens (tertiary/aromatic N) is 2. The van der Waals surface area contributed by atoms with Gasteiger partial charge in [0.15, 0.2) is 0 Å². The first-order valence-electron chi connectivity index (χ1n) is 6.59. The normalized spacial score (nSPS) is 10.7. The molecule has 0 aliphatic rings. The number of amides is 1. The van der Waals surface area contributed by atoms with Crippen LogP contribution in [0.25, 0.3) is 9.88 Å². The Bertz CT molecular complexity index is 696. The molecule has 22 heavy (non-hydrogen) atoms. The number of carboxylic acid groups (broad SMARTS) is 1. The van der Waals surface area contributed by atoms with Crippen LogP contribution < -0.4 is 0 Å². The second kappa shape index (κ2) is 7.21. The van der Waals surface area contributed by atoms with Crippen molar-refractivity contribution in [1.82, 2.24) is 9.88 Å². The van der Waals surface area contributed by atoms with Crippen molar-refractivity contribution in [3.05, 3.63) is 27.0 Å². The molecule has 0 aliphatic heterocycles. The molecule has 118 valence electrons. The van der Waals surface area contributed by atoms with E-state index in [1.54, 1.807) is 20.0 Å². The fourth-order valence-electron chi connectivity index (χ4n) is 1.87. The zero-order chi connectivity index (χ0) is 16.3. The van der Waals surface area contributed by atoms with Crippen LogP contribution in [0.2, 0.25) is 4.34 Å². The number of carbonyl (C=O) groups excluding carboxylic acids is 1. The van der Waals surface area contributed by atoms with Gasteiger partial charge in [0.2, 0.25) is 0 Å². The summed E-state index contributed by atoms with van der Waals surface area (Å²) in [4.78, 5) is 30.4. The van der Waals surface area contributed by atoms with Gasteiger partial charge in [-0.1, -0.05) is 11.6 Å². The number of hydrogen-bond donors (Lipinski definition) is 1. The Labute approximate surface area is 141 Å². The smallest absolute Gasteiger partial charge is 0.303 e. The average molecular weight is 359 g/mol. The topological polar surface area (TPSA) is 70.5 Å². The zero-order valence-electron chi connectivity index (χ0n) is 12.1. The molecule has 0 saturated carbocycles. The molecule has 0 fully saturated rings. The van der Waals surface area contributed by atoms with E-state index in [2.05, 4.69) is 4.98 Å². The Hall–Kier alpha value is -1.44. The van der Waals surface area contributed by atoms with Crippen LogP contribution in [0.4, 0.5) is 0 Å². The predicted molar refractivity (Wildman–Crippen MR) is 89.0 cm³/mol. The molecule has 2 aromatic rings. The van der Waals surface area contributed by atoms with Crippen molar-refractivity contribution in [2.75, 3.05) is 13.6 Å². The summed E-state index contributed by atoms with van der Waals surface area (Å²) in [6.07, 6.45) is 0.487. The number of aryl methyl sites for hydroxylation is 1. The lowest BCUT2D eigenvalue weighted by Gasteiger charge is -2.15. The van der Waals surface area contributed by atoms with Crippen molar-refractivity contribution in [2.45, 2.75) is 19.8 Å². The van der Waals surface area contributed by atoms with Crippen LogP contribution in [0.5, 0.6) is 0 Å². The molecule has 2 aromatic heterocycles. The third kappa shape index (κ3) is 4.06. The van der Waals surface area contributed by atoms with Crippen molar-refractivity contribution in [2.24, 2.45) is 0 Å². The Kier molecular flexibility index (Phi) is 5.55. The van der Waals surface area contributed by atoms with Crippen molar-refractivity contribution in [3.8, 4) is 9.88 Å². The lowest BCUT2D eigenvalue weighted by Crippen LogP contribution is -2.27. The minimum atomic E-state index is -0.855. The number of halogens is 1. The maximum absolute atomic E-state index is 12.4. The number of thiophene rings is 1. The lowest BCUT2D eigenvalue weighted by molar-refractivity contribution is -0.137. The van der Waals surface area contributed by atoms with Crippen molar-refractivity contribution in [3.63, 3.8) is 0 Å². The molecule has 0 atom stereocenters. The summed E-state index contributed by atoms with van der Waals surface area (Å²) in [5, 5.41) is 9.41. The highest BCUT2D eigenvalue weighted by Gasteiger charge is 2.20. The quantitative estimate of drug-likeness (QED) is 0.853. The average Bonchev–Trinajstić information content (AvgIpc) is 3.03. The first-order chi connectivity index (χ1) is 10.4. The van der Waals surface area contributed by atoms with Crippen LogP contribution in [0.3, 0.4) is 0 Å². The minimum Gasteiger partial charge on any atom is -0.481 e. The van der Waals surface area contributed by atoms with Crippen LogP contribution in [0.15, 0.2) is 12.1 Å². The summed E-state index contributed by atoms with van der Waals surface area (Å²) >= 11 is 8.68. The summed E-state index contributed by atoms with van der Waals surface area (Å²) < 4.78 is 0.682. The van der Waals surface area contributed by atoms with Gasteiger partial charge in [0, 0.05) is 20.0 Å². The van der Waals surface area contributed by atoms with E-state index in [1.807, 2.05) is 6.07 Å². The number of thiazole rings is 1. The highest BCUT2D eigenvalue weighted by molar-refractivity contribution is 7.24. The molecule has 2 rings (SSSR count). The molecule has 8 heteroatoms. The fourth-order valence-corrected chi connectivity index (χ4v) is 4.03. The van der Waals surface area contributed by atoms with Gasteiger partial charge in [-0.15, -0.1) is 22.7 Å². The second-order valence-electron chi connectivity index (χ2n) is 4.76. The predicted octanol–water partition coefficient (Wildman–Crippen LogP) is 3.77. The Balaban J connectivity index is 2.10. The molecule has 0 saturated heterocycles. The number of aliphatic carboxylic acids is 1. The van der Waals surface area contributed by atoms with Gasteiger partial charge in [-0.3, -0.25) is 9.59 Å². The molecular formula is C14H15ClN2O3S2. The van der Waals surface area contributed by atoms with E-state index in [0.717, 1.165) is 9.88 Å². The second-order valence-corrected chi connectivity index (χ2v) is 7.48. The molecule has 0 unspecified atom stereocenters. The largest absolute Gasteiger partial charge is 0.481 e. The minimum absolute atomic E-state index is 0.0538. The van der Waals surface area contributed by atoms with Crippen LogP contribution in [-0.2, 0) is 4.79 Å². The molecule has 0 spiro atoms. The Morgan fingerprint density at radius 2 is 2.09 bits per heavy atom. The number of carbonyl (C=O) groups is 2. The first-order valence-corrected chi connectivity index (χ1v) is 8.60. The first kappa shape index (κ1) is 16.9. The monoisotopic (exact) mass is 358 g/mol. The van der Waals surface area contributed by atoms with E-state index in [-0.39, 0.29) is 12.3 Å². The van der Waals surface area contributed by atoms with Crippen molar-refractivity contribution >= 4 is 46.2 Å². The van der Waals surface area contributed by atoms with E-state index in [1.165, 1.54) is 27.6 Å². The van der Waals surface area contributed by atoms with E-state index in [4.69, 9.17) is 16.7 Å². The van der Waals surface area contributed by atoms with Crippen LogP contribution >= 0.6 is 34.3 Å². The van der Waals surface area contributed by atoms with Gasteiger partial charge in [-0.05, 0) is 25.5 Å². The van der Waals surface area contributed by atoms with Gasteiger partial charge in [0.05, 0.1) is 14.9 Å². The highest BCUT2D eigenvalue weighted by Crippen LogP contribution is 2.35. The molecule has 5 nitrogen and oxygen atoms in total. The van der Waals surface area contributed by atoms with Crippen LogP contribution in [-0.4, -0.2) is 40.5 Å². The van der Waals surface area contributed by atoms with E-state index >= 15 is 0 Å². The third-order valence-electron chi connectivity index (χ3n) is 3.01. The summed E-state index contributed by atoms with van der Waals surface area (Å²) in [5.74, 6) is -0.985. The van der Waals surface area contributed by atoms with Gasteiger partial charge in [0.25, 0.3) is 5.91 Å². The molecule has 2 heterocycles. The molecule has 0 aliphatic carbocycles. The molecule has 1 N–H and O–H groups in total. The SMILES string of the molecule is Cc1nc(-c2ccc(Cl)s2)sc1C(=O)N(C)CCCC(=O)O. The number of rotatable bonds is 6. The number of aromatic nitrogens is 1.